The van der Waals surface area contributed by atoms with Gasteiger partial charge >= 0.3 is 0 Å². The van der Waals surface area contributed by atoms with E-state index in [0.29, 0.717) is 12.0 Å². The van der Waals surface area contributed by atoms with Gasteiger partial charge in [0.25, 0.3) is 0 Å². The van der Waals surface area contributed by atoms with Gasteiger partial charge in [0.15, 0.2) is 0 Å². The molecule has 6 nitrogen and oxygen atoms in total. The molecule has 3 aromatic heterocycles. The standard InChI is InChI=1S/C25H32N6/c26-16-18-8-12-31(13-9-18)25-22-7-10-27-17-20(22)14-23(30-25)19-6-11-28-24(15-19)29-21-4-2-1-3-5-21/h6-7,10-11,14-15,17-18,21H,1-5,8-9,12-13,16,26H2,(H,28,29). The van der Waals surface area contributed by atoms with Gasteiger partial charge < -0.3 is 16.0 Å². The van der Waals surface area contributed by atoms with E-state index >= 15 is 0 Å². The molecule has 31 heavy (non-hydrogen) atoms. The van der Waals surface area contributed by atoms with Crippen molar-refractivity contribution in [1.29, 1.82) is 0 Å². The zero-order valence-electron chi connectivity index (χ0n) is 18.1. The van der Waals surface area contributed by atoms with E-state index in [1.54, 1.807) is 0 Å². The lowest BCUT2D eigenvalue weighted by Crippen LogP contribution is -2.36. The monoisotopic (exact) mass is 416 g/mol. The SMILES string of the molecule is NCC1CCN(c2nc(-c3ccnc(NC4CCCCC4)c3)cc3cnccc23)CC1. The van der Waals surface area contributed by atoms with Crippen LogP contribution in [0.1, 0.15) is 44.9 Å². The zero-order chi connectivity index (χ0) is 21.0. The van der Waals surface area contributed by atoms with Gasteiger partial charge in [-0.2, -0.15) is 0 Å². The molecule has 2 fully saturated rings. The highest BCUT2D eigenvalue weighted by molar-refractivity contribution is 5.94. The van der Waals surface area contributed by atoms with Gasteiger partial charge in [-0.05, 0) is 62.4 Å². The van der Waals surface area contributed by atoms with Crippen LogP contribution >= 0.6 is 0 Å². The van der Waals surface area contributed by atoms with Crippen LogP contribution in [0, 0.1) is 5.92 Å². The Bertz CT molecular complexity index is 1020. The lowest BCUT2D eigenvalue weighted by atomic mass is 9.95. The van der Waals surface area contributed by atoms with Crippen LogP contribution in [0.4, 0.5) is 11.6 Å². The van der Waals surface area contributed by atoms with Crippen molar-refractivity contribution >= 4 is 22.4 Å². The molecule has 4 heterocycles. The Kier molecular flexibility index (Phi) is 5.98. The molecule has 6 heteroatoms. The Morgan fingerprint density at radius 2 is 1.84 bits per heavy atom. The Morgan fingerprint density at radius 3 is 2.65 bits per heavy atom. The normalized spacial score (nSPS) is 18.4. The van der Waals surface area contributed by atoms with Gasteiger partial charge in [0.2, 0.25) is 0 Å². The maximum absolute atomic E-state index is 5.90. The largest absolute Gasteiger partial charge is 0.367 e. The molecule has 1 aliphatic heterocycles. The van der Waals surface area contributed by atoms with Crippen molar-refractivity contribution in [1.82, 2.24) is 15.0 Å². The first-order valence-electron chi connectivity index (χ1n) is 11.7. The summed E-state index contributed by atoms with van der Waals surface area (Å²) in [5, 5.41) is 5.94. The van der Waals surface area contributed by atoms with E-state index in [1.807, 2.05) is 18.6 Å². The molecule has 0 aromatic carbocycles. The molecular weight excluding hydrogens is 384 g/mol. The van der Waals surface area contributed by atoms with E-state index in [9.17, 15) is 0 Å². The minimum Gasteiger partial charge on any atom is -0.367 e. The predicted molar refractivity (Wildman–Crippen MR) is 127 cm³/mol. The summed E-state index contributed by atoms with van der Waals surface area (Å²) in [4.78, 5) is 16.5. The van der Waals surface area contributed by atoms with Crippen molar-refractivity contribution in [3.8, 4) is 11.3 Å². The molecule has 1 aliphatic carbocycles. The molecule has 3 aromatic rings. The Labute approximate surface area is 184 Å². The molecule has 2 aliphatic rings. The Morgan fingerprint density at radius 1 is 1.00 bits per heavy atom. The first-order chi connectivity index (χ1) is 15.3. The van der Waals surface area contributed by atoms with Crippen molar-refractivity contribution in [2.24, 2.45) is 11.7 Å². The van der Waals surface area contributed by atoms with E-state index < -0.39 is 0 Å². The van der Waals surface area contributed by atoms with Gasteiger partial charge in [0.05, 0.1) is 5.69 Å². The number of hydrogen-bond donors (Lipinski definition) is 2. The molecule has 0 atom stereocenters. The summed E-state index contributed by atoms with van der Waals surface area (Å²) >= 11 is 0. The van der Waals surface area contributed by atoms with Crippen LogP contribution in [0.2, 0.25) is 0 Å². The number of nitrogens with zero attached hydrogens (tertiary/aromatic N) is 4. The molecular formula is C25H32N6. The third kappa shape index (κ3) is 4.49. The highest BCUT2D eigenvalue weighted by atomic mass is 15.2. The quantitative estimate of drug-likeness (QED) is 0.632. The highest BCUT2D eigenvalue weighted by Gasteiger charge is 2.22. The van der Waals surface area contributed by atoms with Crippen LogP contribution in [-0.2, 0) is 0 Å². The van der Waals surface area contributed by atoms with E-state index in [2.05, 4.69) is 44.5 Å². The number of fused-ring (bicyclic) bond motifs is 1. The third-order valence-electron chi connectivity index (χ3n) is 6.87. The molecule has 0 unspecified atom stereocenters. The van der Waals surface area contributed by atoms with Crippen LogP contribution in [0.25, 0.3) is 22.0 Å². The average molecular weight is 417 g/mol. The molecule has 1 saturated carbocycles. The minimum atomic E-state index is 0.532. The number of pyridine rings is 3. The number of aromatic nitrogens is 3. The van der Waals surface area contributed by atoms with Crippen LogP contribution in [0.5, 0.6) is 0 Å². The Balaban J connectivity index is 1.47. The molecule has 0 bridgehead atoms. The van der Waals surface area contributed by atoms with Gasteiger partial charge in [0.1, 0.15) is 11.6 Å². The number of piperidine rings is 1. The fraction of sp³-hybridized carbons (Fsp3) is 0.480. The molecule has 5 rings (SSSR count). The van der Waals surface area contributed by atoms with Crippen molar-refractivity contribution in [3.05, 3.63) is 42.9 Å². The smallest absolute Gasteiger partial charge is 0.137 e. The van der Waals surface area contributed by atoms with Gasteiger partial charge in [-0.1, -0.05) is 19.3 Å². The van der Waals surface area contributed by atoms with Crippen molar-refractivity contribution in [2.75, 3.05) is 29.9 Å². The number of nitrogens with two attached hydrogens (primary N) is 1. The van der Waals surface area contributed by atoms with Crippen molar-refractivity contribution < 1.29 is 0 Å². The Hall–Kier alpha value is -2.73. The second kappa shape index (κ2) is 9.18. The number of nitrogens with one attached hydrogen (secondary N) is 1. The number of anilines is 2. The highest BCUT2D eigenvalue weighted by Crippen LogP contribution is 2.32. The summed E-state index contributed by atoms with van der Waals surface area (Å²) < 4.78 is 0. The van der Waals surface area contributed by atoms with E-state index in [1.165, 1.54) is 37.5 Å². The molecule has 0 radical (unpaired) electrons. The van der Waals surface area contributed by atoms with Gasteiger partial charge in [0, 0.05) is 54.1 Å². The molecule has 1 saturated heterocycles. The van der Waals surface area contributed by atoms with Gasteiger partial charge in [-0.15, -0.1) is 0 Å². The van der Waals surface area contributed by atoms with Crippen LogP contribution < -0.4 is 16.0 Å². The predicted octanol–water partition coefficient (Wildman–Crippen LogP) is 4.61. The summed E-state index contributed by atoms with van der Waals surface area (Å²) in [7, 11) is 0. The first kappa shape index (κ1) is 20.2. The number of hydrogen-bond acceptors (Lipinski definition) is 6. The second-order valence-corrected chi connectivity index (χ2v) is 9.00. The fourth-order valence-electron chi connectivity index (χ4n) is 4.97. The lowest BCUT2D eigenvalue weighted by molar-refractivity contribution is 0.413. The minimum absolute atomic E-state index is 0.532. The lowest BCUT2D eigenvalue weighted by Gasteiger charge is -2.33. The maximum Gasteiger partial charge on any atom is 0.137 e. The van der Waals surface area contributed by atoms with Crippen LogP contribution in [0.15, 0.2) is 42.9 Å². The van der Waals surface area contributed by atoms with Gasteiger partial charge in [-0.25, -0.2) is 9.97 Å². The molecule has 3 N–H and O–H groups in total. The third-order valence-corrected chi connectivity index (χ3v) is 6.87. The van der Waals surface area contributed by atoms with Crippen molar-refractivity contribution in [3.63, 3.8) is 0 Å². The van der Waals surface area contributed by atoms with Gasteiger partial charge in [-0.3, -0.25) is 4.98 Å². The number of rotatable bonds is 5. The summed E-state index contributed by atoms with van der Waals surface area (Å²) in [6.45, 7) is 2.78. The van der Waals surface area contributed by atoms with E-state index in [-0.39, 0.29) is 0 Å². The van der Waals surface area contributed by atoms with Crippen molar-refractivity contribution in [2.45, 2.75) is 51.0 Å². The zero-order valence-corrected chi connectivity index (χ0v) is 18.1. The summed E-state index contributed by atoms with van der Waals surface area (Å²) in [6.07, 6.45) is 14.4. The summed E-state index contributed by atoms with van der Waals surface area (Å²) in [6, 6.07) is 8.96. The maximum atomic E-state index is 5.90. The molecule has 0 amide bonds. The van der Waals surface area contributed by atoms with Crippen LogP contribution in [-0.4, -0.2) is 40.6 Å². The van der Waals surface area contributed by atoms with Crippen LogP contribution in [0.3, 0.4) is 0 Å². The topological polar surface area (TPSA) is 80.0 Å². The summed E-state index contributed by atoms with van der Waals surface area (Å²) in [5.41, 5.74) is 7.98. The molecule has 162 valence electrons. The second-order valence-electron chi connectivity index (χ2n) is 9.00. The van der Waals surface area contributed by atoms with E-state index in [0.717, 1.165) is 60.8 Å². The molecule has 0 spiro atoms. The fourth-order valence-corrected chi connectivity index (χ4v) is 4.97. The summed E-state index contributed by atoms with van der Waals surface area (Å²) in [5.74, 6) is 2.63. The first-order valence-corrected chi connectivity index (χ1v) is 11.7. The van der Waals surface area contributed by atoms with E-state index in [4.69, 9.17) is 10.7 Å². The average Bonchev–Trinajstić information content (AvgIpc) is 2.84.